The quantitative estimate of drug-likeness (QED) is 0.525. The maximum atomic E-state index is 12.3. The van der Waals surface area contributed by atoms with Crippen molar-refractivity contribution < 1.29 is 13.9 Å². The van der Waals surface area contributed by atoms with Crippen molar-refractivity contribution in [1.29, 1.82) is 0 Å². The van der Waals surface area contributed by atoms with Crippen molar-refractivity contribution in [2.75, 3.05) is 5.32 Å². The van der Waals surface area contributed by atoms with E-state index in [0.717, 1.165) is 17.8 Å². The van der Waals surface area contributed by atoms with Crippen LogP contribution >= 0.6 is 11.3 Å². The molecule has 1 fully saturated rings. The maximum absolute atomic E-state index is 12.3. The van der Waals surface area contributed by atoms with Crippen molar-refractivity contribution >= 4 is 27.9 Å². The van der Waals surface area contributed by atoms with E-state index in [-0.39, 0.29) is 23.8 Å². The zero-order chi connectivity index (χ0) is 19.8. The number of rotatable bonds is 6. The monoisotopic (exact) mass is 408 g/mol. The van der Waals surface area contributed by atoms with Gasteiger partial charge in [-0.1, -0.05) is 17.4 Å². The minimum Gasteiger partial charge on any atom is -0.487 e. The molecule has 3 aromatic heterocycles. The van der Waals surface area contributed by atoms with E-state index in [9.17, 15) is 9.59 Å². The molecular weight excluding hydrogens is 392 g/mol. The third-order valence-electron chi connectivity index (χ3n) is 4.46. The van der Waals surface area contributed by atoms with E-state index >= 15 is 0 Å². The average Bonchev–Trinajstić information content (AvgIpc) is 3.24. The van der Waals surface area contributed by atoms with Gasteiger partial charge in [-0.05, 0) is 37.1 Å². The largest absolute Gasteiger partial charge is 0.487 e. The van der Waals surface area contributed by atoms with Crippen LogP contribution in [0, 0.1) is 0 Å². The van der Waals surface area contributed by atoms with Crippen LogP contribution in [-0.2, 0) is 6.61 Å². The molecule has 1 amide bonds. The van der Waals surface area contributed by atoms with Gasteiger partial charge in [0.15, 0.2) is 5.76 Å². The van der Waals surface area contributed by atoms with Gasteiger partial charge in [0.2, 0.25) is 4.96 Å². The van der Waals surface area contributed by atoms with Gasteiger partial charge in [-0.2, -0.15) is 9.61 Å². The van der Waals surface area contributed by atoms with Gasteiger partial charge in [0.1, 0.15) is 17.4 Å². The van der Waals surface area contributed by atoms with Crippen LogP contribution in [0.15, 0.2) is 57.9 Å². The molecule has 29 heavy (non-hydrogen) atoms. The number of fused-ring (bicyclic) bond motifs is 1. The van der Waals surface area contributed by atoms with Crippen molar-refractivity contribution in [2.24, 2.45) is 0 Å². The van der Waals surface area contributed by atoms with E-state index in [1.165, 1.54) is 28.2 Å². The molecule has 0 spiro atoms. The lowest BCUT2D eigenvalue weighted by Gasteiger charge is -2.08. The number of nitrogens with zero attached hydrogens (tertiary/aromatic N) is 3. The number of anilines is 1. The van der Waals surface area contributed by atoms with Gasteiger partial charge in [-0.15, -0.1) is 0 Å². The molecule has 0 saturated heterocycles. The summed E-state index contributed by atoms with van der Waals surface area (Å²) in [5, 5.41) is 8.08. The topological polar surface area (TPSA) is 98.7 Å². The van der Waals surface area contributed by atoms with Crippen LogP contribution in [-0.4, -0.2) is 20.5 Å². The van der Waals surface area contributed by atoms with Gasteiger partial charge in [-0.25, -0.2) is 4.98 Å². The van der Waals surface area contributed by atoms with E-state index in [4.69, 9.17) is 9.15 Å². The van der Waals surface area contributed by atoms with E-state index in [1.807, 2.05) is 0 Å². The number of hydrogen-bond acceptors (Lipinski definition) is 7. The summed E-state index contributed by atoms with van der Waals surface area (Å²) < 4.78 is 12.2. The number of aromatic nitrogens is 3. The Bertz CT molecular complexity index is 1240. The van der Waals surface area contributed by atoms with Crippen LogP contribution in [0.25, 0.3) is 4.96 Å². The lowest BCUT2D eigenvalue weighted by Crippen LogP contribution is -2.16. The zero-order valence-corrected chi connectivity index (χ0v) is 16.0. The Morgan fingerprint density at radius 1 is 1.28 bits per heavy atom. The molecule has 5 rings (SSSR count). The van der Waals surface area contributed by atoms with Crippen LogP contribution in [0.1, 0.15) is 40.0 Å². The second-order valence-electron chi connectivity index (χ2n) is 6.74. The average molecular weight is 408 g/mol. The first-order chi connectivity index (χ1) is 14.2. The van der Waals surface area contributed by atoms with Crippen molar-refractivity contribution in [3.8, 4) is 5.75 Å². The molecule has 1 saturated carbocycles. The SMILES string of the molecule is O=C(Nc1cccc(OCc2cc(=O)n3nc(C4CC4)sc3n2)c1)c1ccco1. The van der Waals surface area contributed by atoms with Crippen LogP contribution < -0.4 is 15.6 Å². The predicted molar refractivity (Wildman–Crippen MR) is 107 cm³/mol. The smallest absolute Gasteiger partial charge is 0.291 e. The molecule has 0 radical (unpaired) electrons. The molecule has 1 aromatic carbocycles. The standard InChI is InChI=1S/C20H16N4O4S/c25-17-10-14(22-20-24(17)23-19(29-20)12-6-7-12)11-28-15-4-1-3-13(9-15)21-18(26)16-5-2-8-27-16/h1-5,8-10,12H,6-7,11H2,(H,21,26). The summed E-state index contributed by atoms with van der Waals surface area (Å²) in [6.45, 7) is 0.137. The highest BCUT2D eigenvalue weighted by atomic mass is 32.1. The van der Waals surface area contributed by atoms with Crippen molar-refractivity contribution in [2.45, 2.75) is 25.4 Å². The molecule has 9 heteroatoms. The molecule has 8 nitrogen and oxygen atoms in total. The maximum Gasteiger partial charge on any atom is 0.291 e. The Kier molecular flexibility index (Phi) is 4.36. The molecule has 146 valence electrons. The fourth-order valence-electron chi connectivity index (χ4n) is 2.86. The van der Waals surface area contributed by atoms with E-state index in [2.05, 4.69) is 15.4 Å². The second kappa shape index (κ2) is 7.17. The summed E-state index contributed by atoms with van der Waals surface area (Å²) in [4.78, 5) is 29.5. The lowest BCUT2D eigenvalue weighted by atomic mass is 10.3. The fraction of sp³-hybridized carbons (Fsp3) is 0.200. The van der Waals surface area contributed by atoms with Crippen molar-refractivity contribution in [3.63, 3.8) is 0 Å². The first-order valence-electron chi connectivity index (χ1n) is 9.13. The summed E-state index contributed by atoms with van der Waals surface area (Å²) >= 11 is 1.45. The molecule has 1 aliphatic carbocycles. The molecular formula is C20H16N4O4S. The summed E-state index contributed by atoms with van der Waals surface area (Å²) in [6.07, 6.45) is 3.69. The number of furan rings is 1. The molecule has 0 unspecified atom stereocenters. The number of amides is 1. The Morgan fingerprint density at radius 3 is 2.97 bits per heavy atom. The molecule has 0 atom stereocenters. The highest BCUT2D eigenvalue weighted by molar-refractivity contribution is 7.16. The van der Waals surface area contributed by atoms with Gasteiger partial charge in [-0.3, -0.25) is 9.59 Å². The third-order valence-corrected chi connectivity index (χ3v) is 5.53. The summed E-state index contributed by atoms with van der Waals surface area (Å²) in [5.74, 6) is 0.903. The van der Waals surface area contributed by atoms with Gasteiger partial charge >= 0.3 is 0 Å². The van der Waals surface area contributed by atoms with Gasteiger partial charge in [0, 0.05) is 23.7 Å². The highest BCUT2D eigenvalue weighted by Crippen LogP contribution is 2.41. The van der Waals surface area contributed by atoms with Crippen LogP contribution in [0.4, 0.5) is 5.69 Å². The minimum absolute atomic E-state index is 0.137. The van der Waals surface area contributed by atoms with E-state index in [0.29, 0.717) is 28.0 Å². The second-order valence-corrected chi connectivity index (χ2v) is 7.73. The van der Waals surface area contributed by atoms with Crippen LogP contribution in [0.3, 0.4) is 0 Å². The lowest BCUT2D eigenvalue weighted by molar-refractivity contribution is 0.0996. The number of benzene rings is 1. The van der Waals surface area contributed by atoms with Gasteiger partial charge < -0.3 is 14.5 Å². The molecule has 4 aromatic rings. The summed E-state index contributed by atoms with van der Waals surface area (Å²) in [7, 11) is 0. The summed E-state index contributed by atoms with van der Waals surface area (Å²) in [6, 6.07) is 11.7. The highest BCUT2D eigenvalue weighted by Gasteiger charge is 2.28. The number of nitrogens with one attached hydrogen (secondary N) is 1. The molecule has 1 N–H and O–H groups in total. The van der Waals surface area contributed by atoms with Crippen LogP contribution in [0.2, 0.25) is 0 Å². The van der Waals surface area contributed by atoms with E-state index < -0.39 is 0 Å². The number of hydrogen-bond donors (Lipinski definition) is 1. The third kappa shape index (κ3) is 3.77. The van der Waals surface area contributed by atoms with Crippen molar-refractivity contribution in [1.82, 2.24) is 14.6 Å². The van der Waals surface area contributed by atoms with Gasteiger partial charge in [0.05, 0.1) is 12.0 Å². The normalized spacial score (nSPS) is 13.5. The Balaban J connectivity index is 1.29. The molecule has 0 bridgehead atoms. The number of carbonyl (C=O) groups excluding carboxylic acids is 1. The Hall–Kier alpha value is -3.46. The van der Waals surface area contributed by atoms with Crippen molar-refractivity contribution in [3.05, 3.63) is 75.5 Å². The number of carbonyl (C=O) groups is 1. The Labute approximate surface area is 168 Å². The molecule has 0 aliphatic heterocycles. The molecule has 1 aliphatic rings. The molecule has 3 heterocycles. The fourth-order valence-corrected chi connectivity index (χ4v) is 3.95. The first-order valence-corrected chi connectivity index (χ1v) is 9.95. The summed E-state index contributed by atoms with van der Waals surface area (Å²) in [5.41, 5.74) is 0.895. The predicted octanol–water partition coefficient (Wildman–Crippen LogP) is 3.45. The number of ether oxygens (including phenoxy) is 1. The first kappa shape index (κ1) is 17.6. The minimum atomic E-state index is -0.344. The Morgan fingerprint density at radius 2 is 2.17 bits per heavy atom. The van der Waals surface area contributed by atoms with Gasteiger partial charge in [0.25, 0.3) is 11.5 Å². The van der Waals surface area contributed by atoms with Crippen LogP contribution in [0.5, 0.6) is 5.75 Å². The van der Waals surface area contributed by atoms with E-state index in [1.54, 1.807) is 36.4 Å². The zero-order valence-electron chi connectivity index (χ0n) is 15.2.